The zero-order chi connectivity index (χ0) is 12.3. The zero-order valence-electron chi connectivity index (χ0n) is 8.56. The summed E-state index contributed by atoms with van der Waals surface area (Å²) >= 11 is 11.6. The fourth-order valence-electron chi connectivity index (χ4n) is 1.23. The first-order chi connectivity index (χ1) is 7.45. The minimum Gasteiger partial charge on any atom is -0.371 e. The van der Waals surface area contributed by atoms with Gasteiger partial charge in [-0.3, -0.25) is 4.79 Å². The molecule has 6 heteroatoms. The molecule has 1 atom stereocenters. The maximum absolute atomic E-state index is 12.9. The molecule has 0 saturated heterocycles. The van der Waals surface area contributed by atoms with Crippen molar-refractivity contribution in [2.45, 2.75) is 19.4 Å². The quantitative estimate of drug-likeness (QED) is 0.879. The lowest BCUT2D eigenvalue weighted by Crippen LogP contribution is -2.34. The molecule has 0 heterocycles. The van der Waals surface area contributed by atoms with E-state index in [1.165, 1.54) is 0 Å². The van der Waals surface area contributed by atoms with Crippen molar-refractivity contribution in [3.05, 3.63) is 28.0 Å². The van der Waals surface area contributed by atoms with Crippen molar-refractivity contribution in [3.8, 4) is 0 Å². The predicted molar refractivity (Wildman–Crippen MR) is 63.3 cm³/mol. The van der Waals surface area contributed by atoms with E-state index in [0.29, 0.717) is 12.1 Å². The third kappa shape index (κ3) is 3.00. The molecule has 0 saturated carbocycles. The number of carbonyl (C=O) groups excluding carboxylic acids is 1. The summed E-state index contributed by atoms with van der Waals surface area (Å²) in [6.45, 7) is 1.79. The van der Waals surface area contributed by atoms with E-state index in [0.717, 1.165) is 12.1 Å². The third-order valence-corrected chi connectivity index (χ3v) is 2.67. The Morgan fingerprint density at radius 1 is 1.50 bits per heavy atom. The van der Waals surface area contributed by atoms with Crippen molar-refractivity contribution in [3.63, 3.8) is 0 Å². The fourth-order valence-corrected chi connectivity index (χ4v) is 1.80. The lowest BCUT2D eigenvalue weighted by Gasteiger charge is -2.17. The Labute approximate surface area is 103 Å². The first-order valence-corrected chi connectivity index (χ1v) is 5.41. The number of halogens is 3. The summed E-state index contributed by atoms with van der Waals surface area (Å²) in [5.74, 6) is -1.05. The van der Waals surface area contributed by atoms with Crippen LogP contribution in [0.5, 0.6) is 0 Å². The zero-order valence-corrected chi connectivity index (χ0v) is 10.1. The molecule has 3 nitrogen and oxygen atoms in total. The number of amides is 1. The van der Waals surface area contributed by atoms with Crippen LogP contribution in [0.4, 0.5) is 10.1 Å². The molecule has 88 valence electrons. The lowest BCUT2D eigenvalue weighted by atomic mass is 10.2. The minimum absolute atomic E-state index is 0.115. The number of primary amides is 1. The Hall–Kier alpha value is -1.00. The number of rotatable bonds is 4. The van der Waals surface area contributed by atoms with Crippen LogP contribution in [0.25, 0.3) is 0 Å². The summed E-state index contributed by atoms with van der Waals surface area (Å²) in [7, 11) is 0. The lowest BCUT2D eigenvalue weighted by molar-refractivity contribution is -0.118. The van der Waals surface area contributed by atoms with E-state index in [-0.39, 0.29) is 10.0 Å². The van der Waals surface area contributed by atoms with Gasteiger partial charge in [0.25, 0.3) is 0 Å². The largest absolute Gasteiger partial charge is 0.371 e. The van der Waals surface area contributed by atoms with Gasteiger partial charge in [0.15, 0.2) is 0 Å². The Morgan fingerprint density at radius 2 is 2.00 bits per heavy atom. The van der Waals surface area contributed by atoms with Crippen molar-refractivity contribution in [1.82, 2.24) is 0 Å². The van der Waals surface area contributed by atoms with Crippen molar-refractivity contribution >= 4 is 34.8 Å². The number of benzene rings is 1. The molecule has 1 aromatic carbocycles. The second kappa shape index (κ2) is 5.37. The van der Waals surface area contributed by atoms with E-state index in [2.05, 4.69) is 5.32 Å². The predicted octanol–water partition coefficient (Wildman–Crippen LogP) is 2.81. The van der Waals surface area contributed by atoms with Gasteiger partial charge in [-0.05, 0) is 18.6 Å². The smallest absolute Gasteiger partial charge is 0.239 e. The van der Waals surface area contributed by atoms with Crippen LogP contribution in [-0.4, -0.2) is 11.9 Å². The summed E-state index contributed by atoms with van der Waals surface area (Å²) in [6, 6.07) is 1.65. The average Bonchev–Trinajstić information content (AvgIpc) is 2.15. The van der Waals surface area contributed by atoms with E-state index in [1.807, 2.05) is 0 Å². The van der Waals surface area contributed by atoms with Gasteiger partial charge in [-0.25, -0.2) is 4.39 Å². The summed E-state index contributed by atoms with van der Waals surface area (Å²) in [4.78, 5) is 11.0. The summed E-state index contributed by atoms with van der Waals surface area (Å²) in [5.41, 5.74) is 5.48. The van der Waals surface area contributed by atoms with E-state index in [4.69, 9.17) is 28.9 Å². The molecule has 0 aromatic heterocycles. The van der Waals surface area contributed by atoms with Gasteiger partial charge in [0.2, 0.25) is 5.91 Å². The summed E-state index contributed by atoms with van der Waals surface area (Å²) in [5, 5.41) is 3.02. The molecule has 0 aliphatic rings. The van der Waals surface area contributed by atoms with Crippen molar-refractivity contribution in [2.24, 2.45) is 5.73 Å². The Morgan fingerprint density at radius 3 is 2.38 bits per heavy atom. The van der Waals surface area contributed by atoms with Gasteiger partial charge in [-0.15, -0.1) is 0 Å². The van der Waals surface area contributed by atoms with Crippen LogP contribution in [0.1, 0.15) is 13.3 Å². The first-order valence-electron chi connectivity index (χ1n) is 4.66. The van der Waals surface area contributed by atoms with E-state index >= 15 is 0 Å². The average molecular weight is 265 g/mol. The molecule has 0 radical (unpaired) electrons. The van der Waals surface area contributed by atoms with Crippen LogP contribution < -0.4 is 11.1 Å². The van der Waals surface area contributed by atoms with Crippen LogP contribution in [-0.2, 0) is 4.79 Å². The highest BCUT2D eigenvalue weighted by Gasteiger charge is 2.16. The van der Waals surface area contributed by atoms with Crippen LogP contribution in [0.15, 0.2) is 12.1 Å². The standard InChI is InChI=1S/C10H11Cl2FN2O/c1-2-8(10(14)16)15-9-6(11)3-5(13)4-7(9)12/h3-4,8,15H,2H2,1H3,(H2,14,16). The highest BCUT2D eigenvalue weighted by molar-refractivity contribution is 6.39. The molecule has 1 amide bonds. The van der Waals surface area contributed by atoms with Gasteiger partial charge in [0.05, 0.1) is 15.7 Å². The number of anilines is 1. The number of nitrogens with two attached hydrogens (primary N) is 1. The van der Waals surface area contributed by atoms with Crippen molar-refractivity contribution in [1.29, 1.82) is 0 Å². The maximum atomic E-state index is 12.9. The highest BCUT2D eigenvalue weighted by atomic mass is 35.5. The Balaban J connectivity index is 3.01. The summed E-state index contributed by atoms with van der Waals surface area (Å²) in [6.07, 6.45) is 0.485. The second-order valence-electron chi connectivity index (χ2n) is 3.25. The number of hydrogen-bond acceptors (Lipinski definition) is 2. The molecule has 1 aromatic rings. The third-order valence-electron chi connectivity index (χ3n) is 2.08. The molecular weight excluding hydrogens is 254 g/mol. The molecule has 0 bridgehead atoms. The van der Waals surface area contributed by atoms with Gasteiger partial charge in [0, 0.05) is 0 Å². The molecule has 16 heavy (non-hydrogen) atoms. The molecule has 0 fully saturated rings. The van der Waals surface area contributed by atoms with Crippen LogP contribution in [0, 0.1) is 5.82 Å². The van der Waals surface area contributed by atoms with Crippen LogP contribution in [0.2, 0.25) is 10.0 Å². The molecular formula is C10H11Cl2FN2O. The molecule has 1 rings (SSSR count). The number of nitrogens with one attached hydrogen (secondary N) is 1. The maximum Gasteiger partial charge on any atom is 0.239 e. The van der Waals surface area contributed by atoms with E-state index in [9.17, 15) is 9.18 Å². The van der Waals surface area contributed by atoms with Gasteiger partial charge in [-0.1, -0.05) is 30.1 Å². The highest BCUT2D eigenvalue weighted by Crippen LogP contribution is 2.32. The number of carbonyl (C=O) groups is 1. The van der Waals surface area contributed by atoms with Gasteiger partial charge in [-0.2, -0.15) is 0 Å². The van der Waals surface area contributed by atoms with Gasteiger partial charge in [0.1, 0.15) is 11.9 Å². The number of hydrogen-bond donors (Lipinski definition) is 2. The Kier molecular flexibility index (Phi) is 4.38. The normalized spacial score (nSPS) is 12.2. The molecule has 0 spiro atoms. The van der Waals surface area contributed by atoms with Gasteiger partial charge < -0.3 is 11.1 Å². The van der Waals surface area contributed by atoms with Gasteiger partial charge >= 0.3 is 0 Å². The SMILES string of the molecule is CCC(Nc1c(Cl)cc(F)cc1Cl)C(N)=O. The van der Waals surface area contributed by atoms with E-state index in [1.54, 1.807) is 6.92 Å². The van der Waals surface area contributed by atoms with E-state index < -0.39 is 17.8 Å². The van der Waals surface area contributed by atoms with Crippen LogP contribution in [0.3, 0.4) is 0 Å². The fraction of sp³-hybridized carbons (Fsp3) is 0.300. The first kappa shape index (κ1) is 13.1. The monoisotopic (exact) mass is 264 g/mol. The molecule has 0 aliphatic carbocycles. The van der Waals surface area contributed by atoms with Crippen LogP contribution >= 0.6 is 23.2 Å². The topological polar surface area (TPSA) is 55.1 Å². The molecule has 0 aliphatic heterocycles. The Bertz CT molecular complexity index is 389. The second-order valence-corrected chi connectivity index (χ2v) is 4.07. The minimum atomic E-state index is -0.583. The van der Waals surface area contributed by atoms with Crippen molar-refractivity contribution < 1.29 is 9.18 Å². The summed E-state index contributed by atoms with van der Waals surface area (Å²) < 4.78 is 12.9. The molecule has 1 unspecified atom stereocenters. The molecule has 3 N–H and O–H groups in total. The van der Waals surface area contributed by atoms with Crippen molar-refractivity contribution in [2.75, 3.05) is 5.32 Å².